The summed E-state index contributed by atoms with van der Waals surface area (Å²) in [6.07, 6.45) is 0. The van der Waals surface area contributed by atoms with Crippen molar-refractivity contribution in [3.05, 3.63) is 69.9 Å². The normalized spacial score (nSPS) is 11.1. The van der Waals surface area contributed by atoms with Crippen molar-refractivity contribution >= 4 is 39.9 Å². The molecule has 0 atom stereocenters. The molecule has 1 N–H and O–H groups in total. The Hall–Kier alpha value is -2.70. The lowest BCUT2D eigenvalue weighted by molar-refractivity contribution is 0.0786. The smallest absolute Gasteiger partial charge is 0.266 e. The lowest BCUT2D eigenvalue weighted by Gasteiger charge is -2.14. The van der Waals surface area contributed by atoms with Crippen molar-refractivity contribution in [3.63, 3.8) is 0 Å². The highest BCUT2D eigenvalue weighted by molar-refractivity contribution is 7.17. The zero-order chi connectivity index (χ0) is 19.0. The van der Waals surface area contributed by atoms with Gasteiger partial charge in [-0.2, -0.15) is 0 Å². The fourth-order valence-corrected chi connectivity index (χ4v) is 4.14. The molecule has 7 heteroatoms. The number of carbonyl (C=O) groups excluding carboxylic acids is 1. The molecule has 0 spiro atoms. The summed E-state index contributed by atoms with van der Waals surface area (Å²) in [4.78, 5) is 27.6. The first-order chi connectivity index (χ1) is 13.0. The molecule has 2 heterocycles. The van der Waals surface area contributed by atoms with Gasteiger partial charge in [-0.3, -0.25) is 4.79 Å². The molecule has 4 rings (SSSR count). The number of aromatic nitrogens is 3. The molecule has 4 aromatic rings. The Morgan fingerprint density at radius 1 is 1.19 bits per heavy atom. The number of carbonyl (C=O) groups is 1. The van der Waals surface area contributed by atoms with E-state index in [4.69, 9.17) is 11.6 Å². The van der Waals surface area contributed by atoms with Gasteiger partial charge in [0.05, 0.1) is 23.3 Å². The molecule has 0 unspecified atom stereocenters. The highest BCUT2D eigenvalue weighted by Gasteiger charge is 2.20. The second-order valence-electron chi connectivity index (χ2n) is 6.31. The zero-order valence-electron chi connectivity index (χ0n) is 14.9. The van der Waals surface area contributed by atoms with Gasteiger partial charge in [0.25, 0.3) is 5.91 Å². The number of para-hydroxylation sites is 2. The van der Waals surface area contributed by atoms with Gasteiger partial charge in [0.1, 0.15) is 15.7 Å². The topological polar surface area (TPSA) is 61.9 Å². The quantitative estimate of drug-likeness (QED) is 0.532. The SMILES string of the molecule is Cc1nc(-c2cccc(Cl)c2)sc1C(=O)N(C)Cc1nc2ccccc2[nH]1. The summed E-state index contributed by atoms with van der Waals surface area (Å²) in [6.45, 7) is 2.25. The predicted molar refractivity (Wildman–Crippen MR) is 109 cm³/mol. The van der Waals surface area contributed by atoms with Gasteiger partial charge in [-0.25, -0.2) is 9.97 Å². The molecular weight excluding hydrogens is 380 g/mol. The Kier molecular flexibility index (Phi) is 4.68. The van der Waals surface area contributed by atoms with E-state index < -0.39 is 0 Å². The van der Waals surface area contributed by atoms with Gasteiger partial charge >= 0.3 is 0 Å². The molecular formula is C20H17ClN4OS. The van der Waals surface area contributed by atoms with E-state index in [2.05, 4.69) is 15.0 Å². The molecule has 2 aromatic heterocycles. The zero-order valence-corrected chi connectivity index (χ0v) is 16.4. The summed E-state index contributed by atoms with van der Waals surface area (Å²) in [6, 6.07) is 15.3. The highest BCUT2D eigenvalue weighted by atomic mass is 35.5. The molecule has 0 saturated carbocycles. The van der Waals surface area contributed by atoms with E-state index in [9.17, 15) is 4.79 Å². The summed E-state index contributed by atoms with van der Waals surface area (Å²) < 4.78 is 0. The molecule has 1 amide bonds. The van der Waals surface area contributed by atoms with Crippen LogP contribution in [0.15, 0.2) is 48.5 Å². The number of rotatable bonds is 4. The van der Waals surface area contributed by atoms with Crippen LogP contribution in [0, 0.1) is 6.92 Å². The largest absolute Gasteiger partial charge is 0.340 e. The minimum atomic E-state index is -0.0706. The van der Waals surface area contributed by atoms with E-state index in [0.717, 1.165) is 33.1 Å². The van der Waals surface area contributed by atoms with E-state index in [1.165, 1.54) is 11.3 Å². The number of fused-ring (bicyclic) bond motifs is 1. The minimum Gasteiger partial charge on any atom is -0.340 e. The first-order valence-electron chi connectivity index (χ1n) is 8.44. The van der Waals surface area contributed by atoms with Crippen LogP contribution in [0.2, 0.25) is 5.02 Å². The van der Waals surface area contributed by atoms with E-state index in [1.807, 2.05) is 55.5 Å². The predicted octanol–water partition coefficient (Wildman–Crippen LogP) is 4.92. The van der Waals surface area contributed by atoms with Crippen molar-refractivity contribution < 1.29 is 4.79 Å². The van der Waals surface area contributed by atoms with Gasteiger partial charge in [-0.15, -0.1) is 11.3 Å². The molecule has 2 aromatic carbocycles. The summed E-state index contributed by atoms with van der Waals surface area (Å²) in [5.74, 6) is 0.683. The Labute approximate surface area is 165 Å². The maximum Gasteiger partial charge on any atom is 0.266 e. The van der Waals surface area contributed by atoms with Crippen LogP contribution in [0.3, 0.4) is 0 Å². The lowest BCUT2D eigenvalue weighted by atomic mass is 10.2. The van der Waals surface area contributed by atoms with Gasteiger partial charge in [0.15, 0.2) is 0 Å². The van der Waals surface area contributed by atoms with Crippen LogP contribution < -0.4 is 0 Å². The van der Waals surface area contributed by atoms with E-state index in [-0.39, 0.29) is 5.91 Å². The highest BCUT2D eigenvalue weighted by Crippen LogP contribution is 2.30. The van der Waals surface area contributed by atoms with Gasteiger partial charge in [-0.05, 0) is 31.2 Å². The van der Waals surface area contributed by atoms with E-state index in [1.54, 1.807) is 11.9 Å². The van der Waals surface area contributed by atoms with Crippen LogP contribution >= 0.6 is 22.9 Å². The Balaban J connectivity index is 1.56. The number of nitrogens with one attached hydrogen (secondary N) is 1. The van der Waals surface area contributed by atoms with Crippen LogP contribution in [0.4, 0.5) is 0 Å². The first kappa shape index (κ1) is 17.7. The van der Waals surface area contributed by atoms with Gasteiger partial charge in [0.2, 0.25) is 0 Å². The Morgan fingerprint density at radius 3 is 2.78 bits per heavy atom. The number of halogens is 1. The van der Waals surface area contributed by atoms with Crippen LogP contribution in [0.25, 0.3) is 21.6 Å². The molecule has 0 radical (unpaired) electrons. The number of benzene rings is 2. The number of hydrogen-bond donors (Lipinski definition) is 1. The van der Waals surface area contributed by atoms with Crippen molar-refractivity contribution in [1.29, 1.82) is 0 Å². The molecule has 136 valence electrons. The minimum absolute atomic E-state index is 0.0706. The number of aromatic amines is 1. The van der Waals surface area contributed by atoms with E-state index >= 15 is 0 Å². The third-order valence-corrected chi connectivity index (χ3v) is 5.66. The van der Waals surface area contributed by atoms with Gasteiger partial charge < -0.3 is 9.88 Å². The van der Waals surface area contributed by atoms with Crippen molar-refractivity contribution in [3.8, 4) is 10.6 Å². The number of hydrogen-bond acceptors (Lipinski definition) is 4. The maximum atomic E-state index is 12.9. The standard InChI is InChI=1S/C20H17ClN4OS/c1-12-18(27-19(22-12)13-6-5-7-14(21)10-13)20(26)25(2)11-17-23-15-8-3-4-9-16(15)24-17/h3-10H,11H2,1-2H3,(H,23,24). The lowest BCUT2D eigenvalue weighted by Crippen LogP contribution is -2.26. The number of H-pyrrole nitrogens is 1. The fraction of sp³-hybridized carbons (Fsp3) is 0.150. The monoisotopic (exact) mass is 396 g/mol. The van der Waals surface area contributed by atoms with Crippen LogP contribution in [0.1, 0.15) is 21.2 Å². The van der Waals surface area contributed by atoms with E-state index in [0.29, 0.717) is 16.4 Å². The average Bonchev–Trinajstić information content (AvgIpc) is 3.23. The van der Waals surface area contributed by atoms with Crippen LogP contribution in [-0.2, 0) is 6.54 Å². The second kappa shape index (κ2) is 7.13. The number of imidazole rings is 1. The summed E-state index contributed by atoms with van der Waals surface area (Å²) in [5.41, 5.74) is 3.49. The second-order valence-corrected chi connectivity index (χ2v) is 7.74. The molecule has 0 bridgehead atoms. The van der Waals surface area contributed by atoms with Crippen molar-refractivity contribution in [2.75, 3.05) is 7.05 Å². The fourth-order valence-electron chi connectivity index (χ4n) is 2.89. The number of thiazole rings is 1. The third kappa shape index (κ3) is 3.59. The molecule has 0 fully saturated rings. The number of amides is 1. The molecule has 5 nitrogen and oxygen atoms in total. The first-order valence-corrected chi connectivity index (χ1v) is 9.63. The molecule has 0 aliphatic rings. The van der Waals surface area contributed by atoms with Gasteiger partial charge in [-0.1, -0.05) is 35.9 Å². The molecule has 0 saturated heterocycles. The van der Waals surface area contributed by atoms with Gasteiger partial charge in [0, 0.05) is 17.6 Å². The van der Waals surface area contributed by atoms with Crippen molar-refractivity contribution in [2.45, 2.75) is 13.5 Å². The Morgan fingerprint density at radius 2 is 2.00 bits per heavy atom. The summed E-state index contributed by atoms with van der Waals surface area (Å²) in [5, 5.41) is 1.44. The average molecular weight is 397 g/mol. The van der Waals surface area contributed by atoms with Crippen molar-refractivity contribution in [2.24, 2.45) is 0 Å². The van der Waals surface area contributed by atoms with Crippen LogP contribution in [-0.4, -0.2) is 32.8 Å². The van der Waals surface area contributed by atoms with Crippen molar-refractivity contribution in [1.82, 2.24) is 19.9 Å². The molecule has 0 aliphatic heterocycles. The molecule has 0 aliphatic carbocycles. The number of nitrogens with zero attached hydrogens (tertiary/aromatic N) is 3. The third-order valence-electron chi connectivity index (χ3n) is 4.23. The van der Waals surface area contributed by atoms with Crippen LogP contribution in [0.5, 0.6) is 0 Å². The summed E-state index contributed by atoms with van der Waals surface area (Å²) >= 11 is 7.45. The Bertz CT molecular complexity index is 1100. The molecule has 27 heavy (non-hydrogen) atoms. The maximum absolute atomic E-state index is 12.9. The number of aryl methyl sites for hydroxylation is 1. The summed E-state index contributed by atoms with van der Waals surface area (Å²) in [7, 11) is 1.77.